The van der Waals surface area contributed by atoms with Crippen molar-refractivity contribution < 1.29 is 9.32 Å². The molecule has 2 aromatic heterocycles. The highest BCUT2D eigenvalue weighted by Crippen LogP contribution is 2.11. The molecule has 1 N–H and O–H groups in total. The first-order valence-electron chi connectivity index (χ1n) is 6.28. The maximum Gasteiger partial charge on any atom is 0.226 e. The van der Waals surface area contributed by atoms with Crippen molar-refractivity contribution in [2.75, 3.05) is 5.32 Å². The van der Waals surface area contributed by atoms with Gasteiger partial charge in [-0.1, -0.05) is 12.1 Å². The van der Waals surface area contributed by atoms with E-state index in [1.165, 1.54) is 11.3 Å². The van der Waals surface area contributed by atoms with Crippen molar-refractivity contribution in [2.24, 2.45) is 0 Å². The zero-order valence-corrected chi connectivity index (χ0v) is 11.6. The van der Waals surface area contributed by atoms with E-state index in [-0.39, 0.29) is 5.91 Å². The molecular formula is C12H16N4O2S. The molecule has 1 amide bonds. The maximum absolute atomic E-state index is 11.6. The number of anilines is 1. The summed E-state index contributed by atoms with van der Waals surface area (Å²) in [7, 11) is 0. The Hall–Kier alpha value is -1.76. The molecule has 102 valence electrons. The van der Waals surface area contributed by atoms with E-state index in [4.69, 9.17) is 4.52 Å². The van der Waals surface area contributed by atoms with Crippen LogP contribution in [0.1, 0.15) is 37.9 Å². The molecule has 0 aromatic carbocycles. The highest BCUT2D eigenvalue weighted by Gasteiger charge is 2.08. The Labute approximate surface area is 115 Å². The summed E-state index contributed by atoms with van der Waals surface area (Å²) in [5.74, 6) is 1.30. The van der Waals surface area contributed by atoms with Gasteiger partial charge < -0.3 is 9.84 Å². The van der Waals surface area contributed by atoms with Crippen molar-refractivity contribution in [2.45, 2.75) is 39.0 Å². The minimum absolute atomic E-state index is 0.0387. The van der Waals surface area contributed by atoms with E-state index in [1.54, 1.807) is 6.20 Å². The monoisotopic (exact) mass is 280 g/mol. The number of nitrogens with one attached hydrogen (secondary N) is 1. The number of hydrogen-bond acceptors (Lipinski definition) is 6. The van der Waals surface area contributed by atoms with Gasteiger partial charge in [0.05, 0.1) is 0 Å². The number of thiazole rings is 1. The van der Waals surface area contributed by atoms with Crippen LogP contribution in [0, 0.1) is 0 Å². The number of amides is 1. The molecule has 0 aliphatic rings. The zero-order chi connectivity index (χ0) is 13.5. The number of carbonyl (C=O) groups is 1. The van der Waals surface area contributed by atoms with Gasteiger partial charge in [-0.05, 0) is 12.8 Å². The van der Waals surface area contributed by atoms with E-state index in [2.05, 4.69) is 27.4 Å². The highest BCUT2D eigenvalue weighted by atomic mass is 32.1. The Bertz CT molecular complexity index is 510. The molecule has 6 nitrogen and oxygen atoms in total. The third-order valence-corrected chi connectivity index (χ3v) is 3.15. The number of hydrogen-bond donors (Lipinski definition) is 1. The van der Waals surface area contributed by atoms with Crippen LogP contribution in [0.15, 0.2) is 16.1 Å². The Balaban J connectivity index is 1.69. The first-order chi connectivity index (χ1) is 9.28. The second kappa shape index (κ2) is 6.98. The van der Waals surface area contributed by atoms with Crippen molar-refractivity contribution in [3.8, 4) is 0 Å². The lowest BCUT2D eigenvalue weighted by molar-refractivity contribution is -0.116. The molecule has 2 aromatic rings. The quantitative estimate of drug-likeness (QED) is 0.842. The molecule has 2 heterocycles. The minimum Gasteiger partial charge on any atom is -0.339 e. The average Bonchev–Trinajstić information content (AvgIpc) is 3.02. The molecule has 0 radical (unpaired) electrons. The van der Waals surface area contributed by atoms with Gasteiger partial charge in [0.25, 0.3) is 0 Å². The molecule has 0 unspecified atom stereocenters. The first-order valence-corrected chi connectivity index (χ1v) is 7.16. The summed E-state index contributed by atoms with van der Waals surface area (Å²) in [4.78, 5) is 19.8. The minimum atomic E-state index is -0.0387. The van der Waals surface area contributed by atoms with Crippen LogP contribution in [0.4, 0.5) is 5.13 Å². The Kier molecular flexibility index (Phi) is 5.02. The zero-order valence-electron chi connectivity index (χ0n) is 10.8. The summed E-state index contributed by atoms with van der Waals surface area (Å²) < 4.78 is 5.10. The summed E-state index contributed by atoms with van der Waals surface area (Å²) in [6, 6.07) is 0. The van der Waals surface area contributed by atoms with Crippen LogP contribution in [-0.4, -0.2) is 21.0 Å². The van der Waals surface area contributed by atoms with Crippen molar-refractivity contribution in [3.05, 3.63) is 23.3 Å². The SMILES string of the molecule is CCCc1noc(CCCC(=O)Nc2nccs2)n1. The fourth-order valence-electron chi connectivity index (χ4n) is 1.58. The summed E-state index contributed by atoms with van der Waals surface area (Å²) in [6.07, 6.45) is 5.22. The molecule has 0 spiro atoms. The third kappa shape index (κ3) is 4.44. The summed E-state index contributed by atoms with van der Waals surface area (Å²) >= 11 is 1.41. The van der Waals surface area contributed by atoms with Crippen molar-refractivity contribution >= 4 is 22.4 Å². The maximum atomic E-state index is 11.6. The number of carbonyl (C=O) groups excluding carboxylic acids is 1. The molecule has 0 fully saturated rings. The predicted molar refractivity (Wildman–Crippen MR) is 72.0 cm³/mol. The molecule has 0 atom stereocenters. The normalized spacial score (nSPS) is 10.6. The van der Waals surface area contributed by atoms with Crippen LogP contribution in [0.25, 0.3) is 0 Å². The van der Waals surface area contributed by atoms with Crippen LogP contribution >= 0.6 is 11.3 Å². The van der Waals surface area contributed by atoms with E-state index in [9.17, 15) is 4.79 Å². The van der Waals surface area contributed by atoms with Gasteiger partial charge in [0.2, 0.25) is 11.8 Å². The van der Waals surface area contributed by atoms with Gasteiger partial charge in [0.1, 0.15) is 0 Å². The van der Waals surface area contributed by atoms with Crippen LogP contribution < -0.4 is 5.32 Å². The van der Waals surface area contributed by atoms with Gasteiger partial charge in [0.15, 0.2) is 11.0 Å². The molecule has 0 aliphatic carbocycles. The van der Waals surface area contributed by atoms with E-state index in [0.29, 0.717) is 30.3 Å². The van der Waals surface area contributed by atoms with Gasteiger partial charge in [-0.2, -0.15) is 4.98 Å². The van der Waals surface area contributed by atoms with Gasteiger partial charge >= 0.3 is 0 Å². The largest absolute Gasteiger partial charge is 0.339 e. The standard InChI is InChI=1S/C12H16N4O2S/c1-2-4-9-14-11(18-16-9)6-3-5-10(17)15-12-13-7-8-19-12/h7-8H,2-6H2,1H3,(H,13,15,17). The topological polar surface area (TPSA) is 80.9 Å². The van der Waals surface area contributed by atoms with Crippen LogP contribution in [0.3, 0.4) is 0 Å². The van der Waals surface area contributed by atoms with Crippen LogP contribution in [0.5, 0.6) is 0 Å². The fraction of sp³-hybridized carbons (Fsp3) is 0.500. The average molecular weight is 280 g/mol. The Morgan fingerprint density at radius 3 is 3.11 bits per heavy atom. The number of aryl methyl sites for hydroxylation is 2. The van der Waals surface area contributed by atoms with Gasteiger partial charge in [-0.3, -0.25) is 4.79 Å². The van der Waals surface area contributed by atoms with Gasteiger partial charge in [0, 0.05) is 30.8 Å². The van der Waals surface area contributed by atoms with E-state index < -0.39 is 0 Å². The summed E-state index contributed by atoms with van der Waals surface area (Å²) in [6.45, 7) is 2.07. The smallest absolute Gasteiger partial charge is 0.226 e. The van der Waals surface area contributed by atoms with Crippen LogP contribution in [-0.2, 0) is 17.6 Å². The lowest BCUT2D eigenvalue weighted by Crippen LogP contribution is -2.11. The van der Waals surface area contributed by atoms with Crippen molar-refractivity contribution in [3.63, 3.8) is 0 Å². The fourth-order valence-corrected chi connectivity index (χ4v) is 2.13. The van der Waals surface area contributed by atoms with E-state index in [0.717, 1.165) is 18.7 Å². The Morgan fingerprint density at radius 1 is 1.47 bits per heavy atom. The molecule has 19 heavy (non-hydrogen) atoms. The number of nitrogens with zero attached hydrogens (tertiary/aromatic N) is 3. The van der Waals surface area contributed by atoms with Crippen LogP contribution in [0.2, 0.25) is 0 Å². The van der Waals surface area contributed by atoms with Crippen molar-refractivity contribution in [1.82, 2.24) is 15.1 Å². The molecular weight excluding hydrogens is 264 g/mol. The third-order valence-electron chi connectivity index (χ3n) is 2.46. The highest BCUT2D eigenvalue weighted by molar-refractivity contribution is 7.13. The van der Waals surface area contributed by atoms with Gasteiger partial charge in [-0.25, -0.2) is 4.98 Å². The Morgan fingerprint density at radius 2 is 2.37 bits per heavy atom. The molecule has 7 heteroatoms. The lowest BCUT2D eigenvalue weighted by Gasteiger charge is -1.99. The number of aromatic nitrogens is 3. The second-order valence-electron chi connectivity index (χ2n) is 4.09. The van der Waals surface area contributed by atoms with Gasteiger partial charge in [-0.15, -0.1) is 11.3 Å². The van der Waals surface area contributed by atoms with E-state index in [1.807, 2.05) is 5.38 Å². The number of rotatable bonds is 7. The van der Waals surface area contributed by atoms with E-state index >= 15 is 0 Å². The summed E-state index contributed by atoms with van der Waals surface area (Å²) in [5, 5.41) is 9.06. The molecule has 0 saturated carbocycles. The molecule has 0 aliphatic heterocycles. The lowest BCUT2D eigenvalue weighted by atomic mass is 10.2. The molecule has 0 bridgehead atoms. The molecule has 0 saturated heterocycles. The molecule has 2 rings (SSSR count). The predicted octanol–water partition coefficient (Wildman–Crippen LogP) is 2.44. The summed E-state index contributed by atoms with van der Waals surface area (Å²) in [5.41, 5.74) is 0. The first kappa shape index (κ1) is 13.7. The van der Waals surface area contributed by atoms with Crippen molar-refractivity contribution in [1.29, 1.82) is 0 Å². The second-order valence-corrected chi connectivity index (χ2v) is 4.99.